The molecular weight excluding hydrogens is 342 g/mol. The van der Waals surface area contributed by atoms with E-state index in [1.807, 2.05) is 48.7 Å². The summed E-state index contributed by atoms with van der Waals surface area (Å²) in [4.78, 5) is 13.4. The second-order valence-electron chi connectivity index (χ2n) is 6.16. The van der Waals surface area contributed by atoms with E-state index < -0.39 is 0 Å². The van der Waals surface area contributed by atoms with Crippen molar-refractivity contribution < 1.29 is 4.74 Å². The third kappa shape index (κ3) is 4.05. The van der Waals surface area contributed by atoms with Gasteiger partial charge in [0.15, 0.2) is 5.82 Å². The Morgan fingerprint density at radius 2 is 1.74 bits per heavy atom. The predicted octanol–water partition coefficient (Wildman–Crippen LogP) is 2.35. The number of nitrogens with one attached hydrogen (secondary N) is 1. The minimum absolute atomic E-state index is 0.634. The molecule has 3 heterocycles. The number of hydrogen-bond donors (Lipinski definition) is 1. The van der Waals surface area contributed by atoms with Gasteiger partial charge in [-0.05, 0) is 36.4 Å². The number of nitrogens with zero attached hydrogens (tertiary/aromatic N) is 6. The standard InChI is InChI=1S/C19H21N7O/c1-27-16-7-5-15(6-8-16)22-17-14-21-24-19(23-17)26-12-10-25(11-13-26)18-4-2-3-9-20-18/h2-9,14H,10-13H2,1H3,(H,22,23,24). The average Bonchev–Trinajstić information content (AvgIpc) is 2.75. The fraction of sp³-hybridized carbons (Fsp3) is 0.263. The summed E-state index contributed by atoms with van der Waals surface area (Å²) < 4.78 is 5.18. The molecule has 1 fully saturated rings. The van der Waals surface area contributed by atoms with Gasteiger partial charge in [0.25, 0.3) is 0 Å². The van der Waals surface area contributed by atoms with Crippen LogP contribution in [0.5, 0.6) is 5.75 Å². The lowest BCUT2D eigenvalue weighted by Crippen LogP contribution is -2.47. The van der Waals surface area contributed by atoms with Gasteiger partial charge in [0.1, 0.15) is 11.6 Å². The van der Waals surface area contributed by atoms with Gasteiger partial charge in [-0.1, -0.05) is 6.07 Å². The number of aromatic nitrogens is 4. The van der Waals surface area contributed by atoms with E-state index in [0.29, 0.717) is 11.8 Å². The van der Waals surface area contributed by atoms with E-state index in [2.05, 4.69) is 35.3 Å². The van der Waals surface area contributed by atoms with E-state index in [-0.39, 0.29) is 0 Å². The zero-order valence-electron chi connectivity index (χ0n) is 15.1. The zero-order valence-corrected chi connectivity index (χ0v) is 15.1. The molecule has 8 heteroatoms. The molecule has 3 aromatic rings. The first-order valence-corrected chi connectivity index (χ1v) is 8.83. The third-order valence-electron chi connectivity index (χ3n) is 4.45. The van der Waals surface area contributed by atoms with Crippen molar-refractivity contribution in [1.82, 2.24) is 20.2 Å². The SMILES string of the molecule is COc1ccc(Nc2cnnc(N3CCN(c4ccccn4)CC3)n2)cc1. The molecule has 1 aliphatic rings. The highest BCUT2D eigenvalue weighted by molar-refractivity contribution is 5.57. The molecule has 0 unspecified atom stereocenters. The monoisotopic (exact) mass is 363 g/mol. The summed E-state index contributed by atoms with van der Waals surface area (Å²) in [6.45, 7) is 3.39. The summed E-state index contributed by atoms with van der Waals surface area (Å²) >= 11 is 0. The maximum absolute atomic E-state index is 5.18. The van der Waals surface area contributed by atoms with Crippen molar-refractivity contribution >= 4 is 23.3 Å². The normalized spacial score (nSPS) is 14.1. The van der Waals surface area contributed by atoms with Crippen LogP contribution in [0.15, 0.2) is 54.9 Å². The number of benzene rings is 1. The van der Waals surface area contributed by atoms with Gasteiger partial charge in [-0.2, -0.15) is 10.1 Å². The van der Waals surface area contributed by atoms with Crippen molar-refractivity contribution in [1.29, 1.82) is 0 Å². The molecule has 8 nitrogen and oxygen atoms in total. The Morgan fingerprint density at radius 1 is 0.963 bits per heavy atom. The Kier molecular flexibility index (Phi) is 4.95. The molecule has 0 spiro atoms. The highest BCUT2D eigenvalue weighted by atomic mass is 16.5. The smallest absolute Gasteiger partial charge is 0.247 e. The van der Waals surface area contributed by atoms with Gasteiger partial charge in [-0.25, -0.2) is 4.98 Å². The molecule has 138 valence electrons. The predicted molar refractivity (Wildman–Crippen MR) is 105 cm³/mol. The lowest BCUT2D eigenvalue weighted by Gasteiger charge is -2.35. The molecule has 1 aliphatic heterocycles. The molecule has 0 saturated carbocycles. The Labute approximate surface area is 157 Å². The van der Waals surface area contributed by atoms with E-state index in [4.69, 9.17) is 4.74 Å². The van der Waals surface area contributed by atoms with Crippen LogP contribution in [0.1, 0.15) is 0 Å². The maximum Gasteiger partial charge on any atom is 0.247 e. The van der Waals surface area contributed by atoms with Crippen LogP contribution < -0.4 is 19.9 Å². The van der Waals surface area contributed by atoms with E-state index in [1.54, 1.807) is 13.3 Å². The van der Waals surface area contributed by atoms with Crippen molar-refractivity contribution in [3.8, 4) is 5.75 Å². The highest BCUT2D eigenvalue weighted by Crippen LogP contribution is 2.20. The Hall–Kier alpha value is -3.42. The van der Waals surface area contributed by atoms with Crippen molar-refractivity contribution in [3.63, 3.8) is 0 Å². The maximum atomic E-state index is 5.18. The van der Waals surface area contributed by atoms with Gasteiger partial charge in [-0.15, -0.1) is 5.10 Å². The van der Waals surface area contributed by atoms with E-state index >= 15 is 0 Å². The minimum Gasteiger partial charge on any atom is -0.497 e. The lowest BCUT2D eigenvalue weighted by atomic mass is 10.3. The van der Waals surface area contributed by atoms with Crippen LogP contribution in [0.25, 0.3) is 0 Å². The number of methoxy groups -OCH3 is 1. The van der Waals surface area contributed by atoms with Gasteiger partial charge < -0.3 is 19.9 Å². The Morgan fingerprint density at radius 3 is 2.44 bits per heavy atom. The van der Waals surface area contributed by atoms with E-state index in [9.17, 15) is 0 Å². The lowest BCUT2D eigenvalue weighted by molar-refractivity contribution is 0.415. The van der Waals surface area contributed by atoms with Gasteiger partial charge in [0, 0.05) is 38.1 Å². The first-order chi connectivity index (χ1) is 13.3. The number of pyridine rings is 1. The van der Waals surface area contributed by atoms with Crippen LogP contribution in [0.2, 0.25) is 0 Å². The second kappa shape index (κ2) is 7.86. The first kappa shape index (κ1) is 17.0. The molecule has 0 bridgehead atoms. The van der Waals surface area contributed by atoms with Gasteiger partial charge in [0.05, 0.1) is 13.3 Å². The molecule has 0 atom stereocenters. The van der Waals surface area contributed by atoms with Gasteiger partial charge >= 0.3 is 0 Å². The van der Waals surface area contributed by atoms with Crippen molar-refractivity contribution in [2.45, 2.75) is 0 Å². The van der Waals surface area contributed by atoms with Crippen LogP contribution in [-0.4, -0.2) is 53.5 Å². The fourth-order valence-corrected chi connectivity index (χ4v) is 2.99. The summed E-state index contributed by atoms with van der Waals surface area (Å²) in [6.07, 6.45) is 3.45. The molecular formula is C19H21N7O. The summed E-state index contributed by atoms with van der Waals surface area (Å²) in [5, 5.41) is 11.6. The van der Waals surface area contributed by atoms with Crippen LogP contribution in [0.4, 0.5) is 23.3 Å². The van der Waals surface area contributed by atoms with Crippen molar-refractivity contribution in [2.75, 3.05) is 48.4 Å². The summed E-state index contributed by atoms with van der Waals surface area (Å²) in [7, 11) is 1.65. The molecule has 0 radical (unpaired) electrons. The fourth-order valence-electron chi connectivity index (χ4n) is 2.99. The largest absolute Gasteiger partial charge is 0.497 e. The number of piperazine rings is 1. The summed E-state index contributed by atoms with van der Waals surface area (Å²) in [5.74, 6) is 3.12. The highest BCUT2D eigenvalue weighted by Gasteiger charge is 2.20. The van der Waals surface area contributed by atoms with Crippen molar-refractivity contribution in [2.24, 2.45) is 0 Å². The number of anilines is 4. The molecule has 0 aliphatic carbocycles. The number of rotatable bonds is 5. The zero-order chi connectivity index (χ0) is 18.5. The van der Waals surface area contributed by atoms with Crippen LogP contribution in [0.3, 0.4) is 0 Å². The summed E-state index contributed by atoms with van der Waals surface area (Å²) in [6, 6.07) is 13.6. The molecule has 27 heavy (non-hydrogen) atoms. The number of ether oxygens (including phenoxy) is 1. The third-order valence-corrected chi connectivity index (χ3v) is 4.45. The molecule has 2 aromatic heterocycles. The topological polar surface area (TPSA) is 79.3 Å². The molecule has 1 N–H and O–H groups in total. The van der Waals surface area contributed by atoms with Crippen LogP contribution >= 0.6 is 0 Å². The quantitative estimate of drug-likeness (QED) is 0.740. The number of hydrogen-bond acceptors (Lipinski definition) is 8. The Bertz CT molecular complexity index is 865. The van der Waals surface area contributed by atoms with Crippen LogP contribution in [0, 0.1) is 0 Å². The molecule has 0 amide bonds. The van der Waals surface area contributed by atoms with Crippen molar-refractivity contribution in [3.05, 3.63) is 54.9 Å². The van der Waals surface area contributed by atoms with E-state index in [0.717, 1.165) is 43.4 Å². The molecule has 1 saturated heterocycles. The van der Waals surface area contributed by atoms with Crippen LogP contribution in [-0.2, 0) is 0 Å². The molecule has 4 rings (SSSR count). The first-order valence-electron chi connectivity index (χ1n) is 8.83. The minimum atomic E-state index is 0.634. The molecule has 1 aromatic carbocycles. The van der Waals surface area contributed by atoms with Gasteiger partial charge in [0.2, 0.25) is 5.95 Å². The van der Waals surface area contributed by atoms with Gasteiger partial charge in [-0.3, -0.25) is 0 Å². The van der Waals surface area contributed by atoms with E-state index in [1.165, 1.54) is 0 Å². The summed E-state index contributed by atoms with van der Waals surface area (Å²) in [5.41, 5.74) is 0.919. The second-order valence-corrected chi connectivity index (χ2v) is 6.16. The average molecular weight is 363 g/mol. The Balaban J connectivity index is 1.40.